The summed E-state index contributed by atoms with van der Waals surface area (Å²) in [5.74, 6) is 0. The average molecular weight is 263 g/mol. The van der Waals surface area contributed by atoms with E-state index in [2.05, 4.69) is 46.4 Å². The zero-order valence-electron chi connectivity index (χ0n) is 10.9. The number of aromatic amines is 3. The van der Waals surface area contributed by atoms with Crippen LogP contribution in [0, 0.1) is 6.92 Å². The van der Waals surface area contributed by atoms with E-state index in [4.69, 9.17) is 0 Å². The van der Waals surface area contributed by atoms with Crippen molar-refractivity contribution in [2.45, 2.75) is 6.92 Å². The van der Waals surface area contributed by atoms with Crippen molar-refractivity contribution in [2.24, 2.45) is 0 Å². The minimum Gasteiger partial charge on any atom is -0.354 e. The van der Waals surface area contributed by atoms with Gasteiger partial charge in [-0.15, -0.1) is 0 Å². The van der Waals surface area contributed by atoms with Gasteiger partial charge >= 0.3 is 0 Å². The molecular weight excluding hydrogens is 250 g/mol. The fourth-order valence-corrected chi connectivity index (χ4v) is 2.71. The van der Waals surface area contributed by atoms with Gasteiger partial charge in [0, 0.05) is 28.0 Å². The van der Waals surface area contributed by atoms with Gasteiger partial charge in [0.15, 0.2) is 0 Å². The molecule has 4 aromatic rings. The minimum absolute atomic E-state index is 0.101. The molecule has 4 nitrogen and oxygen atoms in total. The Morgan fingerprint density at radius 1 is 0.950 bits per heavy atom. The molecule has 0 spiro atoms. The van der Waals surface area contributed by atoms with Gasteiger partial charge in [0.1, 0.15) is 0 Å². The first-order chi connectivity index (χ1) is 9.72. The fourth-order valence-electron chi connectivity index (χ4n) is 2.71. The second-order valence-corrected chi connectivity index (χ2v) is 5.09. The first-order valence-electron chi connectivity index (χ1n) is 6.51. The lowest BCUT2D eigenvalue weighted by Crippen LogP contribution is -2.00. The molecule has 2 heterocycles. The maximum absolute atomic E-state index is 11.7. The summed E-state index contributed by atoms with van der Waals surface area (Å²) >= 11 is 0. The fraction of sp³-hybridized carbons (Fsp3) is 0.0625. The third kappa shape index (κ3) is 1.51. The summed E-state index contributed by atoms with van der Waals surface area (Å²) in [6.45, 7) is 2.09. The van der Waals surface area contributed by atoms with Crippen LogP contribution in [0.25, 0.3) is 32.9 Å². The number of hydrogen-bond acceptors (Lipinski definition) is 1. The Kier molecular flexibility index (Phi) is 2.15. The lowest BCUT2D eigenvalue weighted by molar-refractivity contribution is 1.06. The van der Waals surface area contributed by atoms with E-state index in [0.29, 0.717) is 5.56 Å². The second kappa shape index (κ2) is 3.87. The molecular formula is C16H13N3O. The van der Waals surface area contributed by atoms with E-state index in [1.54, 1.807) is 6.20 Å². The Morgan fingerprint density at radius 3 is 2.65 bits per heavy atom. The Hall–Kier alpha value is -2.75. The van der Waals surface area contributed by atoms with Gasteiger partial charge in [0.25, 0.3) is 5.56 Å². The van der Waals surface area contributed by atoms with Gasteiger partial charge in [-0.1, -0.05) is 23.8 Å². The van der Waals surface area contributed by atoms with Crippen LogP contribution in [0.4, 0.5) is 0 Å². The van der Waals surface area contributed by atoms with E-state index < -0.39 is 0 Å². The van der Waals surface area contributed by atoms with Crippen LogP contribution in [-0.4, -0.2) is 15.2 Å². The topological polar surface area (TPSA) is 64.4 Å². The summed E-state index contributed by atoms with van der Waals surface area (Å²) in [6.07, 6.45) is 1.69. The first kappa shape index (κ1) is 11.1. The second-order valence-electron chi connectivity index (χ2n) is 5.09. The monoisotopic (exact) mass is 263 g/mol. The molecule has 20 heavy (non-hydrogen) atoms. The van der Waals surface area contributed by atoms with Crippen LogP contribution in [0.3, 0.4) is 0 Å². The molecule has 0 radical (unpaired) electrons. The van der Waals surface area contributed by atoms with Crippen LogP contribution < -0.4 is 5.56 Å². The number of rotatable bonds is 1. The number of H-pyrrole nitrogens is 3. The highest BCUT2D eigenvalue weighted by molar-refractivity contribution is 6.08. The van der Waals surface area contributed by atoms with Crippen molar-refractivity contribution in [1.29, 1.82) is 0 Å². The van der Waals surface area contributed by atoms with Crippen molar-refractivity contribution in [3.63, 3.8) is 0 Å². The molecule has 0 aliphatic rings. The van der Waals surface area contributed by atoms with Crippen molar-refractivity contribution >= 4 is 21.8 Å². The standard InChI is InChI=1S/C16H13N3O/c1-9-2-5-14-12(6-9)11-4-3-10(7-15(11)18-14)13-8-17-19-16(13)20/h2-8,18H,1H3,(H2,17,19,20). The lowest BCUT2D eigenvalue weighted by Gasteiger charge is -1.97. The first-order valence-corrected chi connectivity index (χ1v) is 6.51. The molecule has 3 N–H and O–H groups in total. The van der Waals surface area contributed by atoms with Crippen LogP contribution in [0.5, 0.6) is 0 Å². The molecule has 0 atom stereocenters. The summed E-state index contributed by atoms with van der Waals surface area (Å²) in [4.78, 5) is 15.1. The molecule has 0 fully saturated rings. The SMILES string of the molecule is Cc1ccc2[nH]c3cc(-c4c[nH][nH]c4=O)ccc3c2c1. The Morgan fingerprint density at radius 2 is 1.85 bits per heavy atom. The van der Waals surface area contributed by atoms with Gasteiger partial charge in [-0.25, -0.2) is 0 Å². The van der Waals surface area contributed by atoms with Gasteiger partial charge in [0.05, 0.1) is 5.56 Å². The lowest BCUT2D eigenvalue weighted by atomic mass is 10.1. The van der Waals surface area contributed by atoms with Crippen LogP contribution in [-0.2, 0) is 0 Å². The van der Waals surface area contributed by atoms with Crippen LogP contribution in [0.1, 0.15) is 5.56 Å². The maximum Gasteiger partial charge on any atom is 0.271 e. The molecule has 0 amide bonds. The van der Waals surface area contributed by atoms with Gasteiger partial charge in [0.2, 0.25) is 0 Å². The molecule has 98 valence electrons. The maximum atomic E-state index is 11.7. The summed E-state index contributed by atoms with van der Waals surface area (Å²) in [5.41, 5.74) is 4.86. The predicted molar refractivity (Wildman–Crippen MR) is 80.9 cm³/mol. The number of hydrogen-bond donors (Lipinski definition) is 3. The molecule has 0 saturated carbocycles. The molecule has 0 bridgehead atoms. The molecule has 2 aromatic carbocycles. The molecule has 2 aromatic heterocycles. The number of fused-ring (bicyclic) bond motifs is 3. The van der Waals surface area contributed by atoms with E-state index >= 15 is 0 Å². The molecule has 0 aliphatic heterocycles. The number of aryl methyl sites for hydroxylation is 1. The molecule has 4 rings (SSSR count). The zero-order valence-corrected chi connectivity index (χ0v) is 10.9. The van der Waals surface area contributed by atoms with Gasteiger partial charge in [-0.05, 0) is 30.7 Å². The average Bonchev–Trinajstić information content (AvgIpc) is 3.01. The van der Waals surface area contributed by atoms with E-state index in [0.717, 1.165) is 16.6 Å². The van der Waals surface area contributed by atoms with Gasteiger partial charge in [-0.3, -0.25) is 9.89 Å². The highest BCUT2D eigenvalue weighted by atomic mass is 16.1. The van der Waals surface area contributed by atoms with Crippen molar-refractivity contribution in [3.05, 3.63) is 58.5 Å². The summed E-state index contributed by atoms with van der Waals surface area (Å²) in [7, 11) is 0. The van der Waals surface area contributed by atoms with Crippen molar-refractivity contribution in [3.8, 4) is 11.1 Å². The van der Waals surface area contributed by atoms with E-state index in [-0.39, 0.29) is 5.56 Å². The third-order valence-electron chi connectivity index (χ3n) is 3.71. The normalized spacial score (nSPS) is 11.4. The van der Waals surface area contributed by atoms with Gasteiger partial charge < -0.3 is 10.1 Å². The summed E-state index contributed by atoms with van der Waals surface area (Å²) in [6, 6.07) is 12.4. The van der Waals surface area contributed by atoms with Crippen molar-refractivity contribution in [1.82, 2.24) is 15.2 Å². The smallest absolute Gasteiger partial charge is 0.271 e. The van der Waals surface area contributed by atoms with E-state index in [1.807, 2.05) is 12.1 Å². The highest BCUT2D eigenvalue weighted by Crippen LogP contribution is 2.29. The minimum atomic E-state index is -0.101. The predicted octanol–water partition coefficient (Wildman–Crippen LogP) is 3.31. The highest BCUT2D eigenvalue weighted by Gasteiger charge is 2.08. The number of benzene rings is 2. The molecule has 0 unspecified atom stereocenters. The molecule has 4 heteroatoms. The Balaban J connectivity index is 2.03. The number of aromatic nitrogens is 3. The molecule has 0 saturated heterocycles. The van der Waals surface area contributed by atoms with Crippen LogP contribution in [0.15, 0.2) is 47.4 Å². The quantitative estimate of drug-likeness (QED) is 0.484. The largest absolute Gasteiger partial charge is 0.354 e. The number of nitrogens with one attached hydrogen (secondary N) is 3. The van der Waals surface area contributed by atoms with Crippen LogP contribution >= 0.6 is 0 Å². The Bertz CT molecular complexity index is 988. The summed E-state index contributed by atoms with van der Waals surface area (Å²) < 4.78 is 0. The van der Waals surface area contributed by atoms with Gasteiger partial charge in [-0.2, -0.15) is 0 Å². The zero-order chi connectivity index (χ0) is 13.7. The molecule has 0 aliphatic carbocycles. The van der Waals surface area contributed by atoms with E-state index in [1.165, 1.54) is 16.3 Å². The third-order valence-corrected chi connectivity index (χ3v) is 3.71. The summed E-state index contributed by atoms with van der Waals surface area (Å²) in [5, 5.41) is 7.69. The van der Waals surface area contributed by atoms with E-state index in [9.17, 15) is 4.79 Å². The Labute approximate surface area is 114 Å². The van der Waals surface area contributed by atoms with Crippen molar-refractivity contribution < 1.29 is 0 Å². The van der Waals surface area contributed by atoms with Crippen molar-refractivity contribution in [2.75, 3.05) is 0 Å². The van der Waals surface area contributed by atoms with Crippen LogP contribution in [0.2, 0.25) is 0 Å².